The number of guanidine groups is 1. The van der Waals surface area contributed by atoms with E-state index in [-0.39, 0.29) is 42.8 Å². The largest absolute Gasteiger partial charge is 0.383 e. The van der Waals surface area contributed by atoms with Crippen LogP contribution in [0.15, 0.2) is 35.6 Å². The third kappa shape index (κ3) is 8.11. The zero-order chi connectivity index (χ0) is 21.4. The van der Waals surface area contributed by atoms with Crippen molar-refractivity contribution in [3.05, 3.63) is 46.7 Å². The van der Waals surface area contributed by atoms with Gasteiger partial charge in [-0.1, -0.05) is 17.7 Å². The molecule has 2 aromatic rings. The summed E-state index contributed by atoms with van der Waals surface area (Å²) in [6.07, 6.45) is 3.63. The highest BCUT2D eigenvalue weighted by Gasteiger charge is 2.24. The molecule has 1 atom stereocenters. The number of rotatable bonds is 8. The average molecular weight is 549 g/mol. The molecule has 166 valence electrons. The van der Waals surface area contributed by atoms with Crippen LogP contribution in [0.3, 0.4) is 0 Å². The molecule has 2 rings (SSSR count). The third-order valence-electron chi connectivity index (χ3n) is 4.26. The van der Waals surface area contributed by atoms with Gasteiger partial charge in [0.2, 0.25) is 5.91 Å². The number of benzene rings is 1. The number of halogens is 2. The number of aliphatic imine (C=N–C) groups is 1. The summed E-state index contributed by atoms with van der Waals surface area (Å²) in [6, 6.07) is 5.48. The first kappa shape index (κ1) is 26.2. The number of hydrogen-bond donors (Lipinski definition) is 4. The highest BCUT2D eigenvalue weighted by molar-refractivity contribution is 14.0. The van der Waals surface area contributed by atoms with Gasteiger partial charge in [0.05, 0.1) is 23.5 Å². The Hall–Kier alpha value is -1.85. The molecule has 0 radical (unpaired) electrons. The average Bonchev–Trinajstić information content (AvgIpc) is 3.09. The van der Waals surface area contributed by atoms with Crippen molar-refractivity contribution >= 4 is 53.1 Å². The van der Waals surface area contributed by atoms with Crippen molar-refractivity contribution in [1.82, 2.24) is 20.4 Å². The molecule has 0 fully saturated rings. The smallest absolute Gasteiger partial charge is 0.226 e. The van der Waals surface area contributed by atoms with Crippen LogP contribution in [0, 0.1) is 6.92 Å². The van der Waals surface area contributed by atoms with Gasteiger partial charge in [-0.3, -0.25) is 9.48 Å². The topological polar surface area (TPSA) is 104 Å². The molecule has 0 saturated carbocycles. The number of aromatic nitrogens is 2. The Bertz CT molecular complexity index is 869. The zero-order valence-electron chi connectivity index (χ0n) is 17.7. The highest BCUT2D eigenvalue weighted by atomic mass is 127. The lowest BCUT2D eigenvalue weighted by atomic mass is 10.0. The molecule has 1 aromatic heterocycles. The molecule has 8 nitrogen and oxygen atoms in total. The molecule has 4 N–H and O–H groups in total. The Morgan fingerprint density at radius 1 is 1.37 bits per heavy atom. The zero-order valence-corrected chi connectivity index (χ0v) is 20.8. The molecule has 0 aliphatic rings. The Balaban J connectivity index is 0.00000450. The van der Waals surface area contributed by atoms with Crippen molar-refractivity contribution in [3.8, 4) is 0 Å². The molecular formula is C20H30ClIN6O2. The van der Waals surface area contributed by atoms with Crippen molar-refractivity contribution in [2.75, 3.05) is 25.0 Å². The van der Waals surface area contributed by atoms with Gasteiger partial charge in [0, 0.05) is 38.3 Å². The molecule has 1 aromatic carbocycles. The molecule has 1 amide bonds. The molecular weight excluding hydrogens is 519 g/mol. The van der Waals surface area contributed by atoms with Gasteiger partial charge in [-0.05, 0) is 38.5 Å². The normalized spacial score (nSPS) is 13.2. The summed E-state index contributed by atoms with van der Waals surface area (Å²) in [5.74, 6) is 0.374. The Kier molecular flexibility index (Phi) is 10.6. The van der Waals surface area contributed by atoms with E-state index < -0.39 is 5.60 Å². The number of carbonyl (C=O) groups is 1. The van der Waals surface area contributed by atoms with Crippen LogP contribution in [0.5, 0.6) is 0 Å². The summed E-state index contributed by atoms with van der Waals surface area (Å²) in [7, 11) is 1.79. The fraction of sp³-hybridized carbons (Fsp3) is 0.450. The number of aliphatic hydroxyl groups is 1. The van der Waals surface area contributed by atoms with Crippen LogP contribution >= 0.6 is 35.6 Å². The SMILES string of the molecule is CCNC(=NCC(C)(O)c1cnn(C)c1)NCCC(=O)Nc1ccc(C)cc1Cl.I. The number of hydrogen-bond acceptors (Lipinski definition) is 4. The van der Waals surface area contributed by atoms with Crippen molar-refractivity contribution in [1.29, 1.82) is 0 Å². The summed E-state index contributed by atoms with van der Waals surface area (Å²) >= 11 is 6.15. The van der Waals surface area contributed by atoms with Crippen LogP contribution in [0.1, 0.15) is 31.4 Å². The van der Waals surface area contributed by atoms with E-state index in [0.29, 0.717) is 35.3 Å². The van der Waals surface area contributed by atoms with E-state index >= 15 is 0 Å². The van der Waals surface area contributed by atoms with Gasteiger partial charge in [-0.2, -0.15) is 5.10 Å². The minimum atomic E-state index is -1.14. The van der Waals surface area contributed by atoms with Gasteiger partial charge < -0.3 is 21.1 Å². The van der Waals surface area contributed by atoms with E-state index in [1.54, 1.807) is 43.2 Å². The number of nitrogens with zero attached hydrogens (tertiary/aromatic N) is 3. The predicted octanol–water partition coefficient (Wildman–Crippen LogP) is 2.79. The minimum absolute atomic E-state index is 0. The predicted molar refractivity (Wildman–Crippen MR) is 132 cm³/mol. The van der Waals surface area contributed by atoms with Crippen LogP contribution in [0.2, 0.25) is 5.02 Å². The molecule has 1 heterocycles. The lowest BCUT2D eigenvalue weighted by molar-refractivity contribution is -0.116. The molecule has 10 heteroatoms. The van der Waals surface area contributed by atoms with E-state index in [4.69, 9.17) is 11.6 Å². The van der Waals surface area contributed by atoms with Gasteiger partial charge in [-0.25, -0.2) is 4.99 Å². The summed E-state index contributed by atoms with van der Waals surface area (Å²) in [5, 5.41) is 24.3. The maximum Gasteiger partial charge on any atom is 0.226 e. The second-order valence-corrected chi connectivity index (χ2v) is 7.49. The number of nitrogens with one attached hydrogen (secondary N) is 3. The van der Waals surface area contributed by atoms with Crippen LogP contribution in [0.25, 0.3) is 0 Å². The maximum atomic E-state index is 12.2. The van der Waals surface area contributed by atoms with Crippen LogP contribution in [-0.4, -0.2) is 46.4 Å². The molecule has 0 saturated heterocycles. The number of amides is 1. The standard InChI is InChI=1S/C20H29ClN6O2.HI/c1-5-22-19(24-13-20(3,29)15-11-25-27(4)12-15)23-9-8-18(28)26-17-7-6-14(2)10-16(17)21;/h6-7,10-12,29H,5,8-9,13H2,1-4H3,(H,26,28)(H2,22,23,24);1H. The van der Waals surface area contributed by atoms with Crippen molar-refractivity contribution < 1.29 is 9.90 Å². The van der Waals surface area contributed by atoms with Gasteiger partial charge in [0.15, 0.2) is 5.96 Å². The first-order valence-corrected chi connectivity index (χ1v) is 9.88. The second-order valence-electron chi connectivity index (χ2n) is 7.08. The minimum Gasteiger partial charge on any atom is -0.383 e. The molecule has 0 aliphatic heterocycles. The third-order valence-corrected chi connectivity index (χ3v) is 4.57. The van der Waals surface area contributed by atoms with E-state index in [1.165, 1.54) is 0 Å². The summed E-state index contributed by atoms with van der Waals surface area (Å²) < 4.78 is 1.63. The lowest BCUT2D eigenvalue weighted by Gasteiger charge is -2.20. The Morgan fingerprint density at radius 2 is 2.10 bits per heavy atom. The van der Waals surface area contributed by atoms with Crippen molar-refractivity contribution in [2.24, 2.45) is 12.0 Å². The fourth-order valence-electron chi connectivity index (χ4n) is 2.59. The quantitative estimate of drug-likeness (QED) is 0.231. The molecule has 1 unspecified atom stereocenters. The fourth-order valence-corrected chi connectivity index (χ4v) is 2.88. The number of aryl methyl sites for hydroxylation is 2. The first-order valence-electron chi connectivity index (χ1n) is 9.51. The Labute approximate surface area is 199 Å². The van der Waals surface area contributed by atoms with Crippen LogP contribution in [-0.2, 0) is 17.4 Å². The Morgan fingerprint density at radius 3 is 2.70 bits per heavy atom. The van der Waals surface area contributed by atoms with Gasteiger partial charge in [0.25, 0.3) is 0 Å². The lowest BCUT2D eigenvalue weighted by Crippen LogP contribution is -2.40. The summed E-state index contributed by atoms with van der Waals surface area (Å²) in [4.78, 5) is 16.6. The first-order chi connectivity index (χ1) is 13.7. The molecule has 30 heavy (non-hydrogen) atoms. The monoisotopic (exact) mass is 548 g/mol. The van der Waals surface area contributed by atoms with Gasteiger partial charge >= 0.3 is 0 Å². The highest BCUT2D eigenvalue weighted by Crippen LogP contribution is 2.22. The van der Waals surface area contributed by atoms with Gasteiger partial charge in [-0.15, -0.1) is 24.0 Å². The summed E-state index contributed by atoms with van der Waals surface area (Å²) in [6.45, 7) is 6.77. The molecule has 0 aliphatic carbocycles. The molecule has 0 spiro atoms. The van der Waals surface area contributed by atoms with Crippen LogP contribution < -0.4 is 16.0 Å². The second kappa shape index (κ2) is 12.1. The number of carbonyl (C=O) groups excluding carboxylic acids is 1. The van der Waals surface area contributed by atoms with Crippen molar-refractivity contribution in [3.63, 3.8) is 0 Å². The molecule has 0 bridgehead atoms. The van der Waals surface area contributed by atoms with Gasteiger partial charge in [0.1, 0.15) is 5.60 Å². The van der Waals surface area contributed by atoms with Crippen molar-refractivity contribution in [2.45, 2.75) is 32.8 Å². The van der Waals surface area contributed by atoms with E-state index in [2.05, 4.69) is 26.0 Å². The van der Waals surface area contributed by atoms with E-state index in [1.807, 2.05) is 19.9 Å². The van der Waals surface area contributed by atoms with Crippen LogP contribution in [0.4, 0.5) is 5.69 Å². The van der Waals surface area contributed by atoms with E-state index in [0.717, 1.165) is 5.56 Å². The van der Waals surface area contributed by atoms with E-state index in [9.17, 15) is 9.90 Å². The maximum absolute atomic E-state index is 12.2. The summed E-state index contributed by atoms with van der Waals surface area (Å²) in [5.41, 5.74) is 1.17. The number of anilines is 1.